The van der Waals surface area contributed by atoms with Crippen LogP contribution >= 0.6 is 15.9 Å². The number of nitrogens with one attached hydrogen (secondary N) is 1. The summed E-state index contributed by atoms with van der Waals surface area (Å²) in [6, 6.07) is 7.13. The predicted octanol–water partition coefficient (Wildman–Crippen LogP) is 2.49. The van der Waals surface area contributed by atoms with Crippen LogP contribution in [-0.2, 0) is 0 Å². The molecule has 15 heavy (non-hydrogen) atoms. The molecule has 0 saturated carbocycles. The van der Waals surface area contributed by atoms with Crippen LogP contribution in [0.3, 0.4) is 0 Å². The Bertz CT molecular complexity index is 601. The maximum absolute atomic E-state index is 11.5. The number of Topliss-reactive ketones (excluding diaryl/α,β-unsaturated/α-hetero) is 1. The van der Waals surface area contributed by atoms with Gasteiger partial charge < -0.3 is 4.98 Å². The Morgan fingerprint density at radius 1 is 1.33 bits per heavy atom. The third-order valence-electron chi connectivity index (χ3n) is 2.19. The number of pyridine rings is 1. The van der Waals surface area contributed by atoms with Crippen molar-refractivity contribution >= 4 is 32.6 Å². The molecule has 0 saturated heterocycles. The molecular weight excluding hydrogens is 258 g/mol. The van der Waals surface area contributed by atoms with Crippen LogP contribution in [0.1, 0.15) is 17.3 Å². The Kier molecular flexibility index (Phi) is 2.44. The van der Waals surface area contributed by atoms with E-state index in [9.17, 15) is 9.59 Å². The van der Waals surface area contributed by atoms with Crippen LogP contribution in [0.4, 0.5) is 0 Å². The van der Waals surface area contributed by atoms with Crippen molar-refractivity contribution in [1.29, 1.82) is 0 Å². The highest BCUT2D eigenvalue weighted by atomic mass is 79.9. The number of aromatic amines is 1. The fourth-order valence-electron chi connectivity index (χ4n) is 1.43. The third kappa shape index (κ3) is 1.85. The van der Waals surface area contributed by atoms with Crippen molar-refractivity contribution in [3.8, 4) is 0 Å². The van der Waals surface area contributed by atoms with Gasteiger partial charge in [0, 0.05) is 9.99 Å². The molecule has 0 amide bonds. The lowest BCUT2D eigenvalue weighted by Gasteiger charge is -2.00. The average Bonchev–Trinajstić information content (AvgIpc) is 2.15. The minimum absolute atomic E-state index is 0.199. The van der Waals surface area contributed by atoms with E-state index in [2.05, 4.69) is 20.9 Å². The van der Waals surface area contributed by atoms with Crippen LogP contribution in [0.5, 0.6) is 0 Å². The predicted molar refractivity (Wildman–Crippen MR) is 62.3 cm³/mol. The van der Waals surface area contributed by atoms with E-state index in [-0.39, 0.29) is 16.9 Å². The normalized spacial score (nSPS) is 10.5. The number of fused-ring (bicyclic) bond motifs is 1. The number of benzene rings is 1. The van der Waals surface area contributed by atoms with E-state index in [0.717, 1.165) is 15.4 Å². The zero-order valence-electron chi connectivity index (χ0n) is 8.00. The van der Waals surface area contributed by atoms with Gasteiger partial charge in [0.2, 0.25) is 0 Å². The van der Waals surface area contributed by atoms with Gasteiger partial charge in [-0.15, -0.1) is 0 Å². The molecule has 4 heteroatoms. The number of carbonyl (C=O) groups excluding carboxylic acids is 1. The first kappa shape index (κ1) is 10.1. The molecule has 0 radical (unpaired) electrons. The average molecular weight is 266 g/mol. The monoisotopic (exact) mass is 265 g/mol. The largest absolute Gasteiger partial charge is 0.321 e. The summed E-state index contributed by atoms with van der Waals surface area (Å²) in [6.45, 7) is 1.38. The van der Waals surface area contributed by atoms with E-state index in [1.165, 1.54) is 6.92 Å². The van der Waals surface area contributed by atoms with Gasteiger partial charge in [0.05, 0.1) is 5.56 Å². The van der Waals surface area contributed by atoms with Gasteiger partial charge >= 0.3 is 0 Å². The molecule has 3 nitrogen and oxygen atoms in total. The number of halogens is 1. The molecule has 0 aliphatic rings. The van der Waals surface area contributed by atoms with Gasteiger partial charge in [0.25, 0.3) is 5.56 Å². The Labute approximate surface area is 94.3 Å². The molecule has 1 N–H and O–H groups in total. The summed E-state index contributed by atoms with van der Waals surface area (Å²) >= 11 is 3.32. The van der Waals surface area contributed by atoms with Gasteiger partial charge in [-0.2, -0.15) is 0 Å². The highest BCUT2D eigenvalue weighted by Crippen LogP contribution is 2.17. The SMILES string of the molecule is CC(=O)c1cc2ccc(Br)cc2[nH]c1=O. The molecule has 2 rings (SSSR count). The van der Waals surface area contributed by atoms with Crippen LogP contribution < -0.4 is 5.56 Å². The number of carbonyl (C=O) groups is 1. The van der Waals surface area contributed by atoms with Gasteiger partial charge in [0.1, 0.15) is 0 Å². The summed E-state index contributed by atoms with van der Waals surface area (Å²) < 4.78 is 0.890. The Hall–Kier alpha value is -1.42. The molecule has 0 aliphatic carbocycles. The number of hydrogen-bond acceptors (Lipinski definition) is 2. The summed E-state index contributed by atoms with van der Waals surface area (Å²) in [5.74, 6) is -0.221. The lowest BCUT2D eigenvalue weighted by molar-refractivity contribution is 0.101. The van der Waals surface area contributed by atoms with Crippen molar-refractivity contribution in [3.63, 3.8) is 0 Å². The van der Waals surface area contributed by atoms with E-state index >= 15 is 0 Å². The maximum atomic E-state index is 11.5. The number of rotatable bonds is 1. The molecule has 2 aromatic rings. The second kappa shape index (κ2) is 3.62. The lowest BCUT2D eigenvalue weighted by Crippen LogP contribution is -2.15. The quantitative estimate of drug-likeness (QED) is 0.806. The zero-order chi connectivity index (χ0) is 11.0. The molecule has 0 unspecified atom stereocenters. The summed E-state index contributed by atoms with van der Waals surface area (Å²) in [5, 5.41) is 0.850. The number of aromatic nitrogens is 1. The molecule has 0 spiro atoms. The van der Waals surface area contributed by atoms with Crippen molar-refractivity contribution < 1.29 is 4.79 Å². The molecule has 76 valence electrons. The molecule has 0 bridgehead atoms. The first-order valence-corrected chi connectivity index (χ1v) is 5.21. The van der Waals surface area contributed by atoms with E-state index in [0.29, 0.717) is 0 Å². The van der Waals surface area contributed by atoms with Gasteiger partial charge in [-0.3, -0.25) is 9.59 Å². The number of H-pyrrole nitrogens is 1. The zero-order valence-corrected chi connectivity index (χ0v) is 9.59. The van der Waals surface area contributed by atoms with Crippen molar-refractivity contribution in [1.82, 2.24) is 4.98 Å². The van der Waals surface area contributed by atoms with Crippen LogP contribution in [0.25, 0.3) is 10.9 Å². The van der Waals surface area contributed by atoms with Gasteiger partial charge in [-0.05, 0) is 30.5 Å². The van der Waals surface area contributed by atoms with E-state index < -0.39 is 0 Å². The molecular formula is C11H8BrNO2. The van der Waals surface area contributed by atoms with Crippen LogP contribution in [0.15, 0.2) is 33.5 Å². The van der Waals surface area contributed by atoms with Gasteiger partial charge in [-0.1, -0.05) is 22.0 Å². The van der Waals surface area contributed by atoms with Gasteiger partial charge in [-0.25, -0.2) is 0 Å². The van der Waals surface area contributed by atoms with Crippen molar-refractivity contribution in [3.05, 3.63) is 44.7 Å². The molecule has 1 aromatic carbocycles. The molecule has 0 atom stereocenters. The molecule has 1 heterocycles. The number of ketones is 1. The van der Waals surface area contributed by atoms with Crippen LogP contribution in [-0.4, -0.2) is 10.8 Å². The highest BCUT2D eigenvalue weighted by molar-refractivity contribution is 9.10. The fraction of sp³-hybridized carbons (Fsp3) is 0.0909. The van der Waals surface area contributed by atoms with Crippen molar-refractivity contribution in [2.75, 3.05) is 0 Å². The summed E-state index contributed by atoms with van der Waals surface area (Å²) in [7, 11) is 0. The maximum Gasteiger partial charge on any atom is 0.259 e. The van der Waals surface area contributed by atoms with Crippen LogP contribution in [0.2, 0.25) is 0 Å². The Morgan fingerprint density at radius 2 is 2.07 bits per heavy atom. The molecule has 0 aliphatic heterocycles. The fourth-order valence-corrected chi connectivity index (χ4v) is 1.80. The summed E-state index contributed by atoms with van der Waals surface area (Å²) in [4.78, 5) is 25.3. The topological polar surface area (TPSA) is 49.9 Å². The first-order valence-electron chi connectivity index (χ1n) is 4.41. The first-order chi connectivity index (χ1) is 7.08. The minimum atomic E-state index is -0.340. The third-order valence-corrected chi connectivity index (χ3v) is 2.68. The van der Waals surface area contributed by atoms with Gasteiger partial charge in [0.15, 0.2) is 5.78 Å². The van der Waals surface area contributed by atoms with Crippen molar-refractivity contribution in [2.24, 2.45) is 0 Å². The van der Waals surface area contributed by atoms with E-state index in [1.54, 1.807) is 12.1 Å². The minimum Gasteiger partial charge on any atom is -0.321 e. The Morgan fingerprint density at radius 3 is 2.73 bits per heavy atom. The lowest BCUT2D eigenvalue weighted by atomic mass is 10.1. The summed E-state index contributed by atoms with van der Waals surface area (Å²) in [6.07, 6.45) is 0. The standard InChI is InChI=1S/C11H8BrNO2/c1-6(14)9-4-7-2-3-8(12)5-10(7)13-11(9)15/h2-5H,1H3,(H,13,15). The summed E-state index contributed by atoms with van der Waals surface area (Å²) in [5.41, 5.74) is 0.581. The Balaban J connectivity index is 2.82. The van der Waals surface area contributed by atoms with E-state index in [4.69, 9.17) is 0 Å². The van der Waals surface area contributed by atoms with E-state index in [1.807, 2.05) is 12.1 Å². The smallest absolute Gasteiger partial charge is 0.259 e. The molecule has 0 fully saturated rings. The van der Waals surface area contributed by atoms with Crippen LogP contribution in [0, 0.1) is 0 Å². The highest BCUT2D eigenvalue weighted by Gasteiger charge is 2.06. The second-order valence-corrected chi connectivity index (χ2v) is 4.22. The second-order valence-electron chi connectivity index (χ2n) is 3.30. The van der Waals surface area contributed by atoms with Crippen molar-refractivity contribution in [2.45, 2.75) is 6.92 Å². The number of hydrogen-bond donors (Lipinski definition) is 1. The molecule has 1 aromatic heterocycles.